The minimum absolute atomic E-state index is 0.136. The summed E-state index contributed by atoms with van der Waals surface area (Å²) in [5, 5.41) is 0. The van der Waals surface area contributed by atoms with Crippen LogP contribution in [0.3, 0.4) is 0 Å². The number of carbonyl (C=O) groups is 1. The van der Waals surface area contributed by atoms with Crippen molar-refractivity contribution in [3.63, 3.8) is 0 Å². The van der Waals surface area contributed by atoms with Crippen LogP contribution in [0.4, 0.5) is 5.69 Å². The van der Waals surface area contributed by atoms with Crippen molar-refractivity contribution < 1.29 is 9.53 Å². The van der Waals surface area contributed by atoms with Gasteiger partial charge >= 0.3 is 0 Å². The summed E-state index contributed by atoms with van der Waals surface area (Å²) in [4.78, 5) is 15.1. The van der Waals surface area contributed by atoms with Gasteiger partial charge in [-0.3, -0.25) is 4.79 Å². The molecule has 0 aromatic heterocycles. The number of fused-ring (bicyclic) bond motifs is 1. The third-order valence-corrected chi connectivity index (χ3v) is 4.95. The van der Waals surface area contributed by atoms with Gasteiger partial charge in [0.15, 0.2) is 0 Å². The molecular weight excluding hydrogens is 322 g/mol. The lowest BCUT2D eigenvalue weighted by Crippen LogP contribution is -2.28. The van der Waals surface area contributed by atoms with Crippen LogP contribution in [0.25, 0.3) is 0 Å². The summed E-state index contributed by atoms with van der Waals surface area (Å²) in [5.74, 6) is 0.867. The molecule has 0 spiro atoms. The summed E-state index contributed by atoms with van der Waals surface area (Å²) >= 11 is 0. The lowest BCUT2D eigenvalue weighted by Gasteiger charge is -2.18. The summed E-state index contributed by atoms with van der Waals surface area (Å²) in [6.07, 6.45) is 0.700. The fourth-order valence-corrected chi connectivity index (χ4v) is 3.59. The molecule has 0 saturated carbocycles. The fraction of sp³-hybridized carbons (Fsp3) is 0.174. The summed E-state index contributed by atoms with van der Waals surface area (Å²) in [6, 6.07) is 26.2. The normalized spacial score (nSPS) is 15.8. The summed E-state index contributed by atoms with van der Waals surface area (Å²) in [5.41, 5.74) is 4.42. The van der Waals surface area contributed by atoms with Crippen LogP contribution in [-0.4, -0.2) is 13.0 Å². The van der Waals surface area contributed by atoms with Crippen molar-refractivity contribution in [2.75, 3.05) is 12.0 Å². The van der Waals surface area contributed by atoms with E-state index in [9.17, 15) is 4.79 Å². The van der Waals surface area contributed by atoms with E-state index in [0.717, 1.165) is 28.1 Å². The molecule has 3 heteroatoms. The number of hydrogen-bond donors (Lipinski definition) is 0. The molecule has 130 valence electrons. The van der Waals surface area contributed by atoms with E-state index in [2.05, 4.69) is 18.2 Å². The first-order valence-electron chi connectivity index (χ1n) is 8.83. The van der Waals surface area contributed by atoms with Gasteiger partial charge in [-0.1, -0.05) is 60.7 Å². The molecule has 1 amide bonds. The Hall–Kier alpha value is -3.07. The highest BCUT2D eigenvalue weighted by Crippen LogP contribution is 2.40. The number of rotatable bonds is 5. The molecule has 26 heavy (non-hydrogen) atoms. The SMILES string of the molecule is COc1ccc(CC2C(=O)N(Cc3ccccc3)c3ccccc32)cc1. The van der Waals surface area contributed by atoms with E-state index < -0.39 is 0 Å². The van der Waals surface area contributed by atoms with E-state index in [1.807, 2.05) is 65.6 Å². The third kappa shape index (κ3) is 3.08. The molecule has 3 nitrogen and oxygen atoms in total. The topological polar surface area (TPSA) is 29.5 Å². The van der Waals surface area contributed by atoms with Crippen molar-refractivity contribution in [3.8, 4) is 5.75 Å². The zero-order valence-corrected chi connectivity index (χ0v) is 14.8. The fourth-order valence-electron chi connectivity index (χ4n) is 3.59. The average Bonchev–Trinajstić information content (AvgIpc) is 2.95. The molecule has 3 aromatic rings. The highest BCUT2D eigenvalue weighted by molar-refractivity contribution is 6.05. The van der Waals surface area contributed by atoms with Gasteiger partial charge in [0.2, 0.25) is 5.91 Å². The second kappa shape index (κ2) is 7.04. The molecule has 1 aliphatic heterocycles. The molecule has 0 saturated heterocycles. The van der Waals surface area contributed by atoms with Crippen molar-refractivity contribution in [2.45, 2.75) is 18.9 Å². The maximum atomic E-state index is 13.2. The monoisotopic (exact) mass is 343 g/mol. The second-order valence-electron chi connectivity index (χ2n) is 6.57. The molecule has 1 heterocycles. The molecule has 1 atom stereocenters. The summed E-state index contributed by atoms with van der Waals surface area (Å²) in [6.45, 7) is 0.607. The quantitative estimate of drug-likeness (QED) is 0.679. The Morgan fingerprint density at radius 3 is 2.27 bits per heavy atom. The maximum absolute atomic E-state index is 13.2. The lowest BCUT2D eigenvalue weighted by atomic mass is 9.93. The first kappa shape index (κ1) is 16.4. The van der Waals surface area contributed by atoms with Gasteiger partial charge in [-0.2, -0.15) is 0 Å². The zero-order chi connectivity index (χ0) is 17.9. The van der Waals surface area contributed by atoms with Crippen LogP contribution in [0.5, 0.6) is 5.75 Å². The van der Waals surface area contributed by atoms with E-state index >= 15 is 0 Å². The standard InChI is InChI=1S/C23H21NO2/c1-26-19-13-11-17(12-14-19)15-21-20-9-5-6-10-22(20)24(23(21)25)16-18-7-3-2-4-8-18/h2-14,21H,15-16H2,1H3. The largest absolute Gasteiger partial charge is 0.497 e. The van der Waals surface area contributed by atoms with Crippen LogP contribution >= 0.6 is 0 Å². The maximum Gasteiger partial charge on any atom is 0.235 e. The molecule has 1 unspecified atom stereocenters. The van der Waals surface area contributed by atoms with Gasteiger partial charge in [-0.05, 0) is 41.3 Å². The minimum Gasteiger partial charge on any atom is -0.497 e. The van der Waals surface area contributed by atoms with Crippen molar-refractivity contribution in [1.82, 2.24) is 0 Å². The van der Waals surface area contributed by atoms with Crippen molar-refractivity contribution in [3.05, 3.63) is 95.6 Å². The van der Waals surface area contributed by atoms with Crippen molar-refractivity contribution >= 4 is 11.6 Å². The number of hydrogen-bond acceptors (Lipinski definition) is 2. The predicted octanol–water partition coefficient (Wildman–Crippen LogP) is 4.57. The Balaban J connectivity index is 1.62. The highest BCUT2D eigenvalue weighted by Gasteiger charge is 2.36. The molecule has 3 aromatic carbocycles. The number of methoxy groups -OCH3 is 1. The summed E-state index contributed by atoms with van der Waals surface area (Å²) < 4.78 is 5.22. The van der Waals surface area contributed by atoms with Crippen LogP contribution in [0.15, 0.2) is 78.9 Å². The molecule has 0 fully saturated rings. The molecule has 4 rings (SSSR count). The first-order chi connectivity index (χ1) is 12.8. The Kier molecular flexibility index (Phi) is 4.44. The van der Waals surface area contributed by atoms with Crippen LogP contribution < -0.4 is 9.64 Å². The Labute approximate surface area is 153 Å². The Morgan fingerprint density at radius 2 is 1.54 bits per heavy atom. The molecule has 0 N–H and O–H groups in total. The van der Waals surface area contributed by atoms with Gasteiger partial charge in [0, 0.05) is 5.69 Å². The smallest absolute Gasteiger partial charge is 0.235 e. The van der Waals surface area contributed by atoms with Gasteiger partial charge in [0.1, 0.15) is 5.75 Å². The van der Waals surface area contributed by atoms with Crippen LogP contribution in [0.2, 0.25) is 0 Å². The second-order valence-corrected chi connectivity index (χ2v) is 6.57. The molecule has 0 bridgehead atoms. The number of anilines is 1. The molecular formula is C23H21NO2. The molecule has 1 aliphatic rings. The first-order valence-corrected chi connectivity index (χ1v) is 8.83. The summed E-state index contributed by atoms with van der Waals surface area (Å²) in [7, 11) is 1.66. The van der Waals surface area contributed by atoms with E-state index in [4.69, 9.17) is 4.74 Å². The van der Waals surface area contributed by atoms with E-state index in [1.165, 1.54) is 0 Å². The van der Waals surface area contributed by atoms with Gasteiger partial charge in [0.25, 0.3) is 0 Å². The van der Waals surface area contributed by atoms with Crippen molar-refractivity contribution in [2.24, 2.45) is 0 Å². The zero-order valence-electron chi connectivity index (χ0n) is 14.8. The number of nitrogens with zero attached hydrogens (tertiary/aromatic N) is 1. The van der Waals surface area contributed by atoms with Gasteiger partial charge in [0.05, 0.1) is 19.6 Å². The van der Waals surface area contributed by atoms with Gasteiger partial charge in [-0.25, -0.2) is 0 Å². The Bertz CT molecular complexity index is 903. The predicted molar refractivity (Wildman–Crippen MR) is 104 cm³/mol. The van der Waals surface area contributed by atoms with E-state index in [0.29, 0.717) is 13.0 Å². The number of para-hydroxylation sites is 1. The highest BCUT2D eigenvalue weighted by atomic mass is 16.5. The number of benzene rings is 3. The molecule has 0 radical (unpaired) electrons. The molecule has 0 aliphatic carbocycles. The number of amides is 1. The number of ether oxygens (including phenoxy) is 1. The van der Waals surface area contributed by atoms with Crippen molar-refractivity contribution in [1.29, 1.82) is 0 Å². The number of carbonyl (C=O) groups excluding carboxylic acids is 1. The van der Waals surface area contributed by atoms with Gasteiger partial charge < -0.3 is 9.64 Å². The lowest BCUT2D eigenvalue weighted by molar-refractivity contribution is -0.119. The van der Waals surface area contributed by atoms with E-state index in [-0.39, 0.29) is 11.8 Å². The average molecular weight is 343 g/mol. The third-order valence-electron chi connectivity index (χ3n) is 4.95. The van der Waals surface area contributed by atoms with Crippen LogP contribution in [0, 0.1) is 0 Å². The van der Waals surface area contributed by atoms with Crippen LogP contribution in [0.1, 0.15) is 22.6 Å². The van der Waals surface area contributed by atoms with Crippen LogP contribution in [-0.2, 0) is 17.8 Å². The Morgan fingerprint density at radius 1 is 0.846 bits per heavy atom. The minimum atomic E-state index is -0.136. The van der Waals surface area contributed by atoms with E-state index in [1.54, 1.807) is 7.11 Å². The van der Waals surface area contributed by atoms with Gasteiger partial charge in [-0.15, -0.1) is 0 Å².